The molecule has 0 fully saturated rings. The first-order chi connectivity index (χ1) is 10.3. The van der Waals surface area contributed by atoms with Gasteiger partial charge in [0.15, 0.2) is 0 Å². The fourth-order valence-electron chi connectivity index (χ4n) is 1.88. The van der Waals surface area contributed by atoms with Gasteiger partial charge < -0.3 is 0 Å². The van der Waals surface area contributed by atoms with Crippen molar-refractivity contribution in [2.24, 2.45) is 0 Å². The molecule has 1 N–H and O–H groups in total. The molecule has 0 saturated carbocycles. The molecule has 6 heteroatoms. The third-order valence-electron chi connectivity index (χ3n) is 3.07. The fraction of sp³-hybridized carbons (Fsp3) is 0.875. The van der Waals surface area contributed by atoms with Crippen LogP contribution in [-0.2, 0) is 19.1 Å². The van der Waals surface area contributed by atoms with Gasteiger partial charge in [-0.15, -0.1) is 0 Å². The van der Waals surface area contributed by atoms with Gasteiger partial charge >= 0.3 is 135 Å². The predicted molar refractivity (Wildman–Crippen MR) is 94.5 cm³/mol. The number of carbonyl (C=O) groups excluding carboxylic acids is 2. The van der Waals surface area contributed by atoms with Crippen LogP contribution < -0.4 is 5.32 Å². The van der Waals surface area contributed by atoms with Gasteiger partial charge in [0.1, 0.15) is 0 Å². The third kappa shape index (κ3) is 11.9. The Morgan fingerprint density at radius 1 is 1.05 bits per heavy atom. The number of rotatable bonds is 12. The molecule has 22 heavy (non-hydrogen) atoms. The maximum atomic E-state index is 12.0. The quantitative estimate of drug-likeness (QED) is 0.337. The van der Waals surface area contributed by atoms with Crippen molar-refractivity contribution in [1.82, 2.24) is 5.32 Å². The molecule has 0 heterocycles. The van der Waals surface area contributed by atoms with Gasteiger partial charge in [0.2, 0.25) is 0 Å². The Morgan fingerprint density at radius 2 is 1.64 bits per heavy atom. The summed E-state index contributed by atoms with van der Waals surface area (Å²) >= 11 is 0. The van der Waals surface area contributed by atoms with E-state index in [1.165, 1.54) is 6.16 Å². The summed E-state index contributed by atoms with van der Waals surface area (Å²) < 4.78 is 10.2. The SMILES string of the molecule is CCCOC(=O)CC(NCCC[PH](C)(C)C)C(=O)OCCC. The number of nitrogens with one attached hydrogen (secondary N) is 1. The van der Waals surface area contributed by atoms with Crippen LogP contribution in [0.15, 0.2) is 0 Å². The van der Waals surface area contributed by atoms with Gasteiger partial charge in [0.25, 0.3) is 0 Å². The van der Waals surface area contributed by atoms with Gasteiger partial charge in [-0.3, -0.25) is 0 Å². The molecule has 0 aliphatic rings. The summed E-state index contributed by atoms with van der Waals surface area (Å²) in [6, 6.07) is -0.599. The number of hydrogen-bond donors (Lipinski definition) is 1. The maximum absolute atomic E-state index is 12.0. The van der Waals surface area contributed by atoms with Gasteiger partial charge in [-0.05, 0) is 0 Å². The second-order valence-corrected chi connectivity index (χ2v) is 12.4. The standard InChI is InChI=1S/C16H34NO4P/c1-6-10-20-15(18)13-14(16(19)21-11-7-2)17-9-8-12-22(3,4)5/h14,17,22H,6-13H2,1-5H3. The molecule has 0 saturated heterocycles. The monoisotopic (exact) mass is 335 g/mol. The summed E-state index contributed by atoms with van der Waals surface area (Å²) in [5.41, 5.74) is 0. The van der Waals surface area contributed by atoms with Crippen LogP contribution in [0.2, 0.25) is 0 Å². The average molecular weight is 335 g/mol. The number of ether oxygens (including phenoxy) is 2. The van der Waals surface area contributed by atoms with Gasteiger partial charge in [-0.25, -0.2) is 0 Å². The normalized spacial score (nSPS) is 13.5. The second-order valence-electron chi connectivity index (χ2n) is 6.76. The molecule has 0 aromatic rings. The zero-order valence-electron chi connectivity index (χ0n) is 14.9. The zero-order valence-corrected chi connectivity index (χ0v) is 15.9. The van der Waals surface area contributed by atoms with E-state index in [0.717, 1.165) is 25.8 Å². The number of carbonyl (C=O) groups is 2. The molecular weight excluding hydrogens is 301 g/mol. The van der Waals surface area contributed by atoms with Crippen LogP contribution in [0.25, 0.3) is 0 Å². The summed E-state index contributed by atoms with van der Waals surface area (Å²) in [4.78, 5) is 23.7. The Hall–Kier alpha value is -0.670. The molecule has 0 spiro atoms. The van der Waals surface area contributed by atoms with Crippen molar-refractivity contribution < 1.29 is 19.1 Å². The first-order valence-electron chi connectivity index (χ1n) is 8.35. The summed E-state index contributed by atoms with van der Waals surface area (Å²) in [7, 11) is -1.07. The summed E-state index contributed by atoms with van der Waals surface area (Å²) in [6.07, 6.45) is 3.79. The van der Waals surface area contributed by atoms with Crippen LogP contribution in [0.1, 0.15) is 39.5 Å². The van der Waals surface area contributed by atoms with Crippen LogP contribution in [0, 0.1) is 0 Å². The van der Waals surface area contributed by atoms with Crippen LogP contribution >= 0.6 is 7.26 Å². The predicted octanol–water partition coefficient (Wildman–Crippen LogP) is 2.27. The van der Waals surface area contributed by atoms with Crippen molar-refractivity contribution in [3.63, 3.8) is 0 Å². The van der Waals surface area contributed by atoms with E-state index in [-0.39, 0.29) is 18.4 Å². The van der Waals surface area contributed by atoms with Gasteiger partial charge in [0.05, 0.1) is 0 Å². The molecule has 0 aliphatic heterocycles. The van der Waals surface area contributed by atoms with E-state index in [1.807, 2.05) is 13.8 Å². The first-order valence-corrected chi connectivity index (χ1v) is 12.1. The van der Waals surface area contributed by atoms with Crippen molar-refractivity contribution in [3.8, 4) is 0 Å². The van der Waals surface area contributed by atoms with E-state index in [4.69, 9.17) is 9.47 Å². The van der Waals surface area contributed by atoms with Crippen molar-refractivity contribution in [2.45, 2.75) is 45.6 Å². The topological polar surface area (TPSA) is 64.6 Å². The van der Waals surface area contributed by atoms with Crippen molar-refractivity contribution in [3.05, 3.63) is 0 Å². The summed E-state index contributed by atoms with van der Waals surface area (Å²) in [5, 5.41) is 3.16. The Kier molecular flexibility index (Phi) is 11.5. The van der Waals surface area contributed by atoms with Crippen molar-refractivity contribution in [1.29, 1.82) is 0 Å². The Bertz CT molecular complexity index is 329. The second kappa shape index (κ2) is 11.8. The molecule has 0 aromatic heterocycles. The summed E-state index contributed by atoms with van der Waals surface area (Å²) in [6.45, 7) is 12.3. The number of hydrogen-bond acceptors (Lipinski definition) is 5. The molecule has 1 atom stereocenters. The van der Waals surface area contributed by atoms with Crippen LogP contribution in [0.4, 0.5) is 0 Å². The van der Waals surface area contributed by atoms with E-state index in [9.17, 15) is 9.59 Å². The Morgan fingerprint density at radius 3 is 2.18 bits per heavy atom. The van der Waals surface area contributed by atoms with E-state index in [2.05, 4.69) is 25.3 Å². The van der Waals surface area contributed by atoms with Gasteiger partial charge in [-0.1, -0.05) is 0 Å². The molecule has 0 aromatic carbocycles. The molecule has 5 nitrogen and oxygen atoms in total. The first kappa shape index (κ1) is 21.3. The third-order valence-corrected chi connectivity index (χ3v) is 4.92. The molecule has 0 rings (SSSR count). The zero-order chi connectivity index (χ0) is 17.0. The van der Waals surface area contributed by atoms with E-state index < -0.39 is 13.3 Å². The fourth-order valence-corrected chi connectivity index (χ4v) is 3.12. The molecule has 0 radical (unpaired) electrons. The number of esters is 2. The molecular formula is C16H34NO4P. The summed E-state index contributed by atoms with van der Waals surface area (Å²) in [5.74, 6) is -0.707. The molecule has 1 unspecified atom stereocenters. The van der Waals surface area contributed by atoms with Gasteiger partial charge in [-0.2, -0.15) is 0 Å². The molecule has 0 bridgehead atoms. The average Bonchev–Trinajstić information content (AvgIpc) is 2.44. The molecule has 0 aliphatic carbocycles. The van der Waals surface area contributed by atoms with E-state index in [1.54, 1.807) is 0 Å². The van der Waals surface area contributed by atoms with Crippen molar-refractivity contribution in [2.75, 3.05) is 45.9 Å². The molecule has 132 valence electrons. The van der Waals surface area contributed by atoms with E-state index >= 15 is 0 Å². The minimum absolute atomic E-state index is 0.0372. The van der Waals surface area contributed by atoms with Crippen LogP contribution in [0.5, 0.6) is 0 Å². The van der Waals surface area contributed by atoms with E-state index in [0.29, 0.717) is 13.2 Å². The van der Waals surface area contributed by atoms with Gasteiger partial charge in [0, 0.05) is 0 Å². The minimum atomic E-state index is -1.07. The van der Waals surface area contributed by atoms with Crippen LogP contribution in [0.3, 0.4) is 0 Å². The Balaban J connectivity index is 4.33. The van der Waals surface area contributed by atoms with Crippen molar-refractivity contribution >= 4 is 19.2 Å². The van der Waals surface area contributed by atoms with Crippen LogP contribution in [-0.4, -0.2) is 63.9 Å². The molecule has 0 amide bonds. The Labute approximate surface area is 135 Å².